The highest BCUT2D eigenvalue weighted by Crippen LogP contribution is 2.22. The molecule has 0 saturated carbocycles. The van der Waals surface area contributed by atoms with Crippen LogP contribution in [0.4, 0.5) is 15.8 Å². The van der Waals surface area contributed by atoms with Crippen molar-refractivity contribution < 1.29 is 9.18 Å². The molecular weight excluding hydrogens is 405 g/mol. The molecule has 1 amide bonds. The molecule has 3 aromatic rings. The average Bonchev–Trinajstić information content (AvgIpc) is 3.47. The van der Waals surface area contributed by atoms with Crippen LogP contribution in [0, 0.1) is 5.82 Å². The molecule has 2 aromatic carbocycles. The van der Waals surface area contributed by atoms with Crippen LogP contribution in [0.25, 0.3) is 11.3 Å². The lowest BCUT2D eigenvalue weighted by Crippen LogP contribution is -2.31. The first-order valence-corrected chi connectivity index (χ1v) is 11.2. The van der Waals surface area contributed by atoms with Gasteiger partial charge in [-0.05, 0) is 93.9 Å². The Hall–Kier alpha value is -3.19. The Kier molecular flexibility index (Phi) is 7.17. The highest BCUT2D eigenvalue weighted by molar-refractivity contribution is 5.92. The molecule has 0 radical (unpaired) electrons. The van der Waals surface area contributed by atoms with Crippen molar-refractivity contribution in [3.8, 4) is 11.3 Å². The number of benzene rings is 2. The maximum Gasteiger partial charge on any atom is 0.238 e. The molecule has 2 heterocycles. The predicted octanol–water partition coefficient (Wildman–Crippen LogP) is 4.32. The highest BCUT2D eigenvalue weighted by atomic mass is 19.1. The summed E-state index contributed by atoms with van der Waals surface area (Å²) >= 11 is 0. The van der Waals surface area contributed by atoms with Gasteiger partial charge in [-0.3, -0.25) is 14.8 Å². The first-order chi connectivity index (χ1) is 15.6. The maximum atomic E-state index is 13.1. The van der Waals surface area contributed by atoms with E-state index in [1.807, 2.05) is 30.1 Å². The second-order valence-corrected chi connectivity index (χ2v) is 8.42. The number of nitrogens with zero attached hydrogens (tertiary/aromatic N) is 3. The molecule has 0 unspecified atom stereocenters. The van der Waals surface area contributed by atoms with Crippen molar-refractivity contribution in [3.05, 3.63) is 66.1 Å². The molecule has 2 N–H and O–H groups in total. The fourth-order valence-corrected chi connectivity index (χ4v) is 4.05. The van der Waals surface area contributed by atoms with Gasteiger partial charge in [0.1, 0.15) is 5.82 Å². The minimum atomic E-state index is -0.254. The van der Waals surface area contributed by atoms with Crippen molar-refractivity contribution in [2.24, 2.45) is 0 Å². The van der Waals surface area contributed by atoms with Crippen LogP contribution >= 0.6 is 0 Å². The van der Waals surface area contributed by atoms with Crippen LogP contribution in [-0.2, 0) is 11.2 Å². The number of halogens is 1. The van der Waals surface area contributed by atoms with Gasteiger partial charge in [0, 0.05) is 35.7 Å². The van der Waals surface area contributed by atoms with Crippen LogP contribution < -0.4 is 10.2 Å². The van der Waals surface area contributed by atoms with Crippen molar-refractivity contribution in [1.29, 1.82) is 0 Å². The third kappa shape index (κ3) is 5.95. The van der Waals surface area contributed by atoms with Crippen molar-refractivity contribution in [1.82, 2.24) is 15.1 Å². The van der Waals surface area contributed by atoms with E-state index in [0.29, 0.717) is 6.54 Å². The molecule has 1 aromatic heterocycles. The molecule has 1 saturated heterocycles. The maximum absolute atomic E-state index is 13.1. The molecular formula is C25H30FN5O. The Morgan fingerprint density at radius 1 is 1.12 bits per heavy atom. The summed E-state index contributed by atoms with van der Waals surface area (Å²) in [5.41, 5.74) is 4.77. The summed E-state index contributed by atoms with van der Waals surface area (Å²) in [6.45, 7) is 3.37. The van der Waals surface area contributed by atoms with Gasteiger partial charge in [-0.1, -0.05) is 0 Å². The van der Waals surface area contributed by atoms with E-state index in [9.17, 15) is 9.18 Å². The van der Waals surface area contributed by atoms with Crippen LogP contribution in [0.15, 0.2) is 54.6 Å². The number of anilines is 2. The number of carbonyl (C=O) groups excluding carboxylic acids is 1. The van der Waals surface area contributed by atoms with Gasteiger partial charge in [0.15, 0.2) is 0 Å². The van der Waals surface area contributed by atoms with Gasteiger partial charge in [0.25, 0.3) is 0 Å². The fraction of sp³-hybridized carbons (Fsp3) is 0.360. The van der Waals surface area contributed by atoms with E-state index < -0.39 is 0 Å². The van der Waals surface area contributed by atoms with E-state index in [-0.39, 0.29) is 11.7 Å². The first kappa shape index (κ1) is 22.0. The van der Waals surface area contributed by atoms with Crippen molar-refractivity contribution in [2.75, 3.05) is 43.4 Å². The third-order valence-electron chi connectivity index (χ3n) is 5.79. The molecule has 1 aliphatic heterocycles. The molecule has 0 aliphatic carbocycles. The van der Waals surface area contributed by atoms with Crippen LogP contribution in [0.2, 0.25) is 0 Å². The Labute approximate surface area is 188 Å². The first-order valence-electron chi connectivity index (χ1n) is 11.2. The number of aromatic nitrogens is 2. The van der Waals surface area contributed by atoms with Crippen LogP contribution in [-0.4, -0.2) is 54.2 Å². The van der Waals surface area contributed by atoms with Crippen molar-refractivity contribution in [3.63, 3.8) is 0 Å². The van der Waals surface area contributed by atoms with Crippen molar-refractivity contribution in [2.45, 2.75) is 25.7 Å². The molecule has 0 bridgehead atoms. The number of amides is 1. The number of H-pyrrole nitrogens is 1. The van der Waals surface area contributed by atoms with Gasteiger partial charge < -0.3 is 10.2 Å². The molecule has 4 rings (SSSR count). The monoisotopic (exact) mass is 435 g/mol. The number of aryl methyl sites for hydroxylation is 1. The smallest absolute Gasteiger partial charge is 0.238 e. The van der Waals surface area contributed by atoms with Gasteiger partial charge in [-0.2, -0.15) is 5.10 Å². The second-order valence-electron chi connectivity index (χ2n) is 8.42. The zero-order valence-electron chi connectivity index (χ0n) is 18.5. The topological polar surface area (TPSA) is 64.3 Å². The highest BCUT2D eigenvalue weighted by Gasteiger charge is 2.13. The number of aromatic amines is 1. The molecule has 32 heavy (non-hydrogen) atoms. The van der Waals surface area contributed by atoms with E-state index in [1.54, 1.807) is 12.1 Å². The lowest BCUT2D eigenvalue weighted by Gasteiger charge is -2.18. The van der Waals surface area contributed by atoms with Crippen LogP contribution in [0.1, 0.15) is 25.0 Å². The zero-order chi connectivity index (χ0) is 22.3. The van der Waals surface area contributed by atoms with E-state index in [2.05, 4.69) is 32.5 Å². The SMILES string of the molecule is CN(CCCc1cc(-c2ccc(F)cc2)n[nH]1)CC(=O)Nc1ccc(N2CCCC2)cc1. The number of hydrogen-bond donors (Lipinski definition) is 2. The Morgan fingerprint density at radius 2 is 1.84 bits per heavy atom. The number of carbonyl (C=O) groups is 1. The molecule has 1 aliphatic rings. The number of hydrogen-bond acceptors (Lipinski definition) is 4. The van der Waals surface area contributed by atoms with E-state index in [0.717, 1.165) is 55.1 Å². The summed E-state index contributed by atoms with van der Waals surface area (Å²) in [5.74, 6) is -0.266. The number of likely N-dealkylation sites (N-methyl/N-ethyl adjacent to an activating group) is 1. The lowest BCUT2D eigenvalue weighted by atomic mass is 10.1. The summed E-state index contributed by atoms with van der Waals surface area (Å²) < 4.78 is 13.1. The number of rotatable bonds is 9. The molecule has 0 atom stereocenters. The Morgan fingerprint density at radius 3 is 2.56 bits per heavy atom. The summed E-state index contributed by atoms with van der Waals surface area (Å²) in [5, 5.41) is 10.3. The summed E-state index contributed by atoms with van der Waals surface area (Å²) in [6, 6.07) is 16.4. The van der Waals surface area contributed by atoms with E-state index >= 15 is 0 Å². The average molecular weight is 436 g/mol. The van der Waals surface area contributed by atoms with E-state index in [1.165, 1.54) is 30.7 Å². The van der Waals surface area contributed by atoms with Gasteiger partial charge in [-0.15, -0.1) is 0 Å². The summed E-state index contributed by atoms with van der Waals surface area (Å²) in [4.78, 5) is 16.8. The zero-order valence-corrected chi connectivity index (χ0v) is 18.5. The standard InChI is InChI=1S/C25H30FN5O/c1-30(14-4-5-22-17-24(29-28-22)19-6-8-20(26)9-7-19)18-25(32)27-21-10-12-23(13-11-21)31-15-2-3-16-31/h6-13,17H,2-5,14-16,18H2,1H3,(H,27,32)(H,28,29). The van der Waals surface area contributed by atoms with Gasteiger partial charge in [-0.25, -0.2) is 4.39 Å². The quantitative estimate of drug-likeness (QED) is 0.525. The molecule has 168 valence electrons. The van der Waals surface area contributed by atoms with Crippen molar-refractivity contribution >= 4 is 17.3 Å². The van der Waals surface area contributed by atoms with Crippen LogP contribution in [0.3, 0.4) is 0 Å². The summed E-state index contributed by atoms with van der Waals surface area (Å²) in [7, 11) is 1.95. The molecule has 6 nitrogen and oxygen atoms in total. The largest absolute Gasteiger partial charge is 0.372 e. The predicted molar refractivity (Wildman–Crippen MR) is 126 cm³/mol. The summed E-state index contributed by atoms with van der Waals surface area (Å²) in [6.07, 6.45) is 4.23. The lowest BCUT2D eigenvalue weighted by molar-refractivity contribution is -0.117. The van der Waals surface area contributed by atoms with Gasteiger partial charge in [0.2, 0.25) is 5.91 Å². The minimum absolute atomic E-state index is 0.0124. The van der Waals surface area contributed by atoms with Gasteiger partial charge in [0.05, 0.1) is 12.2 Å². The Balaban J connectivity index is 1.18. The molecule has 0 spiro atoms. The number of nitrogens with one attached hydrogen (secondary N) is 2. The molecule has 7 heteroatoms. The second kappa shape index (κ2) is 10.4. The van der Waals surface area contributed by atoms with E-state index in [4.69, 9.17) is 0 Å². The molecule has 1 fully saturated rings. The third-order valence-corrected chi connectivity index (χ3v) is 5.79. The minimum Gasteiger partial charge on any atom is -0.372 e. The normalized spacial score (nSPS) is 13.7. The fourth-order valence-electron chi connectivity index (χ4n) is 4.05. The van der Waals surface area contributed by atoms with Crippen LogP contribution in [0.5, 0.6) is 0 Å². The Bertz CT molecular complexity index is 1010. The van der Waals surface area contributed by atoms with Gasteiger partial charge >= 0.3 is 0 Å².